The molecule has 3 nitrogen and oxygen atoms in total. The molecule has 3 heteroatoms. The molecule has 0 aromatic carbocycles. The second-order valence-corrected chi connectivity index (χ2v) is 4.52. The Morgan fingerprint density at radius 3 is 2.47 bits per heavy atom. The Morgan fingerprint density at radius 2 is 1.93 bits per heavy atom. The maximum Gasteiger partial charge on any atom is 0.128 e. The first-order valence-corrected chi connectivity index (χ1v) is 5.59. The van der Waals surface area contributed by atoms with Gasteiger partial charge in [0.15, 0.2) is 0 Å². The summed E-state index contributed by atoms with van der Waals surface area (Å²) in [6, 6.07) is 2.27. The zero-order chi connectivity index (χ0) is 11.4. The van der Waals surface area contributed by atoms with E-state index in [0.29, 0.717) is 5.92 Å². The molecule has 0 radical (unpaired) electrons. The lowest BCUT2D eigenvalue weighted by atomic mass is 10.1. The fraction of sp³-hybridized carbons (Fsp3) is 0.667. The predicted molar refractivity (Wildman–Crippen MR) is 62.8 cm³/mol. The third kappa shape index (κ3) is 3.96. The van der Waals surface area contributed by atoms with Gasteiger partial charge in [-0.15, -0.1) is 0 Å². The Morgan fingerprint density at radius 1 is 1.27 bits per heavy atom. The number of nitrogens with zero attached hydrogens (tertiary/aromatic N) is 2. The quantitative estimate of drug-likeness (QED) is 0.823. The van der Waals surface area contributed by atoms with Crippen LogP contribution in [0.3, 0.4) is 0 Å². The van der Waals surface area contributed by atoms with Crippen LogP contribution in [-0.4, -0.2) is 16.0 Å². The molecular weight excluding hydrogens is 186 g/mol. The lowest BCUT2D eigenvalue weighted by Crippen LogP contribution is -2.16. The third-order valence-corrected chi connectivity index (χ3v) is 2.34. The van der Waals surface area contributed by atoms with E-state index in [9.17, 15) is 0 Å². The standard InChI is InChI=1S/C12H21N3/c1-8(2)11-7-10(4)14-12(15-11)6-5-9(3)13/h7-9H,5-6,13H2,1-4H3. The summed E-state index contributed by atoms with van der Waals surface area (Å²) in [6.45, 7) is 8.33. The first kappa shape index (κ1) is 12.1. The molecule has 1 atom stereocenters. The van der Waals surface area contributed by atoms with Gasteiger partial charge in [-0.1, -0.05) is 13.8 Å². The number of rotatable bonds is 4. The van der Waals surface area contributed by atoms with Crippen molar-refractivity contribution in [2.24, 2.45) is 5.73 Å². The molecule has 2 N–H and O–H groups in total. The summed E-state index contributed by atoms with van der Waals surface area (Å²) in [5, 5.41) is 0. The van der Waals surface area contributed by atoms with Crippen LogP contribution in [0.25, 0.3) is 0 Å². The van der Waals surface area contributed by atoms with Crippen LogP contribution in [0.15, 0.2) is 6.07 Å². The molecule has 1 heterocycles. The molecule has 0 aliphatic carbocycles. The van der Waals surface area contributed by atoms with E-state index in [-0.39, 0.29) is 6.04 Å². The summed E-state index contributed by atoms with van der Waals surface area (Å²) in [6.07, 6.45) is 1.82. The van der Waals surface area contributed by atoms with E-state index in [2.05, 4.69) is 29.9 Å². The van der Waals surface area contributed by atoms with Gasteiger partial charge in [0.2, 0.25) is 0 Å². The highest BCUT2D eigenvalue weighted by atomic mass is 14.9. The van der Waals surface area contributed by atoms with Crippen molar-refractivity contribution in [2.45, 2.75) is 52.5 Å². The lowest BCUT2D eigenvalue weighted by molar-refractivity contribution is 0.640. The van der Waals surface area contributed by atoms with E-state index in [1.165, 1.54) is 0 Å². The van der Waals surface area contributed by atoms with Crippen molar-refractivity contribution in [3.63, 3.8) is 0 Å². The van der Waals surface area contributed by atoms with Gasteiger partial charge in [-0.25, -0.2) is 9.97 Å². The zero-order valence-corrected chi connectivity index (χ0v) is 10.1. The molecule has 15 heavy (non-hydrogen) atoms. The van der Waals surface area contributed by atoms with Gasteiger partial charge >= 0.3 is 0 Å². The molecule has 84 valence electrons. The Balaban J connectivity index is 2.79. The van der Waals surface area contributed by atoms with Crippen molar-refractivity contribution in [3.8, 4) is 0 Å². The molecule has 0 aliphatic rings. The van der Waals surface area contributed by atoms with E-state index in [4.69, 9.17) is 5.73 Å². The highest BCUT2D eigenvalue weighted by Gasteiger charge is 2.06. The van der Waals surface area contributed by atoms with Gasteiger partial charge in [-0.05, 0) is 32.3 Å². The summed E-state index contributed by atoms with van der Waals surface area (Å²) in [5.74, 6) is 1.39. The monoisotopic (exact) mass is 207 g/mol. The minimum atomic E-state index is 0.219. The molecule has 0 aliphatic heterocycles. The molecule has 1 rings (SSSR count). The second-order valence-electron chi connectivity index (χ2n) is 4.52. The number of hydrogen-bond donors (Lipinski definition) is 1. The number of nitrogens with two attached hydrogens (primary N) is 1. The first-order valence-electron chi connectivity index (χ1n) is 5.59. The lowest BCUT2D eigenvalue weighted by Gasteiger charge is -2.09. The fourth-order valence-electron chi connectivity index (χ4n) is 1.42. The topological polar surface area (TPSA) is 51.8 Å². The number of hydrogen-bond acceptors (Lipinski definition) is 3. The van der Waals surface area contributed by atoms with Crippen molar-refractivity contribution < 1.29 is 0 Å². The Hall–Kier alpha value is -0.960. The summed E-state index contributed by atoms with van der Waals surface area (Å²) >= 11 is 0. The Labute approximate surface area is 92.1 Å². The van der Waals surface area contributed by atoms with Crippen molar-refractivity contribution in [1.29, 1.82) is 0 Å². The maximum atomic E-state index is 5.72. The van der Waals surface area contributed by atoms with Crippen LogP contribution in [-0.2, 0) is 6.42 Å². The average Bonchev–Trinajstić information content (AvgIpc) is 2.13. The SMILES string of the molecule is Cc1cc(C(C)C)nc(CCC(C)N)n1. The van der Waals surface area contributed by atoms with Gasteiger partial charge in [0.25, 0.3) is 0 Å². The van der Waals surface area contributed by atoms with Crippen molar-refractivity contribution in [1.82, 2.24) is 9.97 Å². The van der Waals surface area contributed by atoms with E-state index in [1.54, 1.807) is 0 Å². The van der Waals surface area contributed by atoms with Gasteiger partial charge in [0.1, 0.15) is 5.82 Å². The van der Waals surface area contributed by atoms with Crippen LogP contribution in [0, 0.1) is 6.92 Å². The Bertz CT molecular complexity index is 319. The molecule has 0 bridgehead atoms. The van der Waals surface area contributed by atoms with E-state index in [1.807, 2.05) is 13.8 Å². The van der Waals surface area contributed by atoms with Gasteiger partial charge in [0, 0.05) is 23.9 Å². The van der Waals surface area contributed by atoms with E-state index >= 15 is 0 Å². The van der Waals surface area contributed by atoms with Crippen LogP contribution >= 0.6 is 0 Å². The second kappa shape index (κ2) is 5.21. The van der Waals surface area contributed by atoms with Crippen molar-refractivity contribution in [2.75, 3.05) is 0 Å². The van der Waals surface area contributed by atoms with Crippen molar-refractivity contribution in [3.05, 3.63) is 23.3 Å². The molecule has 0 saturated carbocycles. The molecule has 0 saturated heterocycles. The summed E-state index contributed by atoms with van der Waals surface area (Å²) < 4.78 is 0. The van der Waals surface area contributed by atoms with Crippen LogP contribution in [0.2, 0.25) is 0 Å². The van der Waals surface area contributed by atoms with Gasteiger partial charge in [-0.3, -0.25) is 0 Å². The minimum Gasteiger partial charge on any atom is -0.328 e. The Kier molecular flexibility index (Phi) is 4.21. The normalized spacial score (nSPS) is 13.2. The van der Waals surface area contributed by atoms with Gasteiger partial charge < -0.3 is 5.73 Å². The summed E-state index contributed by atoms with van der Waals surface area (Å²) in [7, 11) is 0. The molecule has 1 aromatic heterocycles. The number of aromatic nitrogens is 2. The average molecular weight is 207 g/mol. The van der Waals surface area contributed by atoms with Crippen LogP contribution < -0.4 is 5.73 Å². The van der Waals surface area contributed by atoms with Crippen molar-refractivity contribution >= 4 is 0 Å². The smallest absolute Gasteiger partial charge is 0.128 e. The first-order chi connectivity index (χ1) is 6.99. The highest BCUT2D eigenvalue weighted by Crippen LogP contribution is 2.13. The molecule has 0 spiro atoms. The fourth-order valence-corrected chi connectivity index (χ4v) is 1.42. The van der Waals surface area contributed by atoms with Crippen LogP contribution in [0.5, 0.6) is 0 Å². The highest BCUT2D eigenvalue weighted by molar-refractivity contribution is 5.13. The summed E-state index contributed by atoms with van der Waals surface area (Å²) in [5.41, 5.74) is 7.90. The third-order valence-electron chi connectivity index (χ3n) is 2.34. The number of aryl methyl sites for hydroxylation is 2. The molecule has 1 aromatic rings. The van der Waals surface area contributed by atoms with E-state index < -0.39 is 0 Å². The molecule has 1 unspecified atom stereocenters. The summed E-state index contributed by atoms with van der Waals surface area (Å²) in [4.78, 5) is 8.96. The predicted octanol–water partition coefficient (Wildman–Crippen LogP) is 2.19. The van der Waals surface area contributed by atoms with Crippen LogP contribution in [0.4, 0.5) is 0 Å². The molecule has 0 amide bonds. The van der Waals surface area contributed by atoms with Crippen LogP contribution in [0.1, 0.15) is 50.3 Å². The largest absolute Gasteiger partial charge is 0.328 e. The molecular formula is C12H21N3. The van der Waals surface area contributed by atoms with E-state index in [0.717, 1.165) is 30.1 Å². The minimum absolute atomic E-state index is 0.219. The molecule has 0 fully saturated rings. The zero-order valence-electron chi connectivity index (χ0n) is 10.1. The maximum absolute atomic E-state index is 5.72. The van der Waals surface area contributed by atoms with Gasteiger partial charge in [0.05, 0.1) is 0 Å². The van der Waals surface area contributed by atoms with Gasteiger partial charge in [-0.2, -0.15) is 0 Å².